The van der Waals surface area contributed by atoms with E-state index >= 15 is 0 Å². The minimum atomic E-state index is -0.817. The zero-order chi connectivity index (χ0) is 29.6. The van der Waals surface area contributed by atoms with Crippen LogP contribution in [0.1, 0.15) is 48.0 Å². The maximum absolute atomic E-state index is 12.3. The number of likely N-dealkylation sites (tertiary alicyclic amines) is 1. The maximum Gasteiger partial charge on any atom is 0.253 e. The second-order valence-corrected chi connectivity index (χ2v) is 11.1. The van der Waals surface area contributed by atoms with E-state index in [1.165, 1.54) is 6.20 Å². The van der Waals surface area contributed by atoms with Crippen LogP contribution in [0.2, 0.25) is 0 Å². The van der Waals surface area contributed by atoms with Crippen molar-refractivity contribution in [2.24, 2.45) is 11.7 Å². The molecule has 3 amide bonds. The largest absolute Gasteiger partial charge is 0.384 e. The van der Waals surface area contributed by atoms with Crippen molar-refractivity contribution in [1.82, 2.24) is 20.4 Å². The summed E-state index contributed by atoms with van der Waals surface area (Å²) in [5, 5.41) is 23.3. The Hall–Kier alpha value is -4.49. The fourth-order valence-electron chi connectivity index (χ4n) is 4.94. The van der Waals surface area contributed by atoms with Crippen molar-refractivity contribution in [2.75, 3.05) is 27.2 Å². The molecule has 2 aromatic carbocycles. The lowest BCUT2D eigenvalue weighted by atomic mass is 9.84. The lowest BCUT2D eigenvalue weighted by Gasteiger charge is -2.41. The SMILES string of the molecule is CN(C)C(=O)c1cccc(-c2ccc(CN3CCC(CC#N)(N/C=C(\C(=N)NC(=O)C4CC4)C(N)=O)CC3)cc2)c1. The molecule has 0 bridgehead atoms. The van der Waals surface area contributed by atoms with Gasteiger partial charge in [0.15, 0.2) is 0 Å². The molecular formula is C31H37N7O3. The van der Waals surface area contributed by atoms with E-state index in [1.807, 2.05) is 24.3 Å². The molecule has 0 spiro atoms. The molecule has 5 N–H and O–H groups in total. The number of piperidine rings is 1. The normalized spacial score (nSPS) is 16.8. The van der Waals surface area contributed by atoms with Gasteiger partial charge in [0.1, 0.15) is 5.84 Å². The third kappa shape index (κ3) is 7.58. The average Bonchev–Trinajstić information content (AvgIpc) is 3.80. The molecule has 2 aromatic rings. The van der Waals surface area contributed by atoms with Crippen LogP contribution in [0.4, 0.5) is 0 Å². The number of primary amides is 1. The highest BCUT2D eigenvalue weighted by Gasteiger charge is 2.35. The van der Waals surface area contributed by atoms with Gasteiger partial charge in [0, 0.05) is 51.4 Å². The molecule has 10 heteroatoms. The molecule has 10 nitrogen and oxygen atoms in total. The van der Waals surface area contributed by atoms with Crippen LogP contribution in [-0.2, 0) is 16.1 Å². The van der Waals surface area contributed by atoms with Crippen LogP contribution in [-0.4, -0.2) is 66.1 Å². The smallest absolute Gasteiger partial charge is 0.253 e. The number of nitrogens with one attached hydrogen (secondary N) is 3. The van der Waals surface area contributed by atoms with Crippen molar-refractivity contribution in [3.63, 3.8) is 0 Å². The van der Waals surface area contributed by atoms with Crippen molar-refractivity contribution in [3.8, 4) is 17.2 Å². The fourth-order valence-corrected chi connectivity index (χ4v) is 4.94. The highest BCUT2D eigenvalue weighted by Crippen LogP contribution is 2.29. The van der Waals surface area contributed by atoms with Crippen LogP contribution >= 0.6 is 0 Å². The lowest BCUT2D eigenvalue weighted by molar-refractivity contribution is -0.120. The molecule has 2 aliphatic rings. The third-order valence-electron chi connectivity index (χ3n) is 7.69. The summed E-state index contributed by atoms with van der Waals surface area (Å²) in [7, 11) is 3.48. The van der Waals surface area contributed by atoms with E-state index in [0.29, 0.717) is 18.4 Å². The quantitative estimate of drug-likeness (QED) is 0.201. The molecule has 0 aromatic heterocycles. The molecule has 4 rings (SSSR count). The highest BCUT2D eigenvalue weighted by molar-refractivity contribution is 6.22. The zero-order valence-electron chi connectivity index (χ0n) is 23.6. The van der Waals surface area contributed by atoms with Crippen LogP contribution in [0.3, 0.4) is 0 Å². The standard InChI is InChI=1S/C31H37N7O3/c1-37(2)30(41)25-5-3-4-24(18-25)22-8-6-21(7-9-22)20-38-16-13-31(12-15-32,14-17-38)35-19-26(28(34)39)27(33)36-29(40)23-10-11-23/h3-9,18-19,23,35H,10-14,16-17,20H2,1-2H3,(H2,34,39)(H2,33,36,40)/b26-19+. The van der Waals surface area contributed by atoms with Crippen molar-refractivity contribution in [2.45, 2.75) is 44.2 Å². The minimum absolute atomic E-state index is 0.0320. The number of nitriles is 1. The maximum atomic E-state index is 12.3. The third-order valence-corrected chi connectivity index (χ3v) is 7.69. The summed E-state index contributed by atoms with van der Waals surface area (Å²) >= 11 is 0. The fraction of sp³-hybridized carbons (Fsp3) is 0.387. The molecule has 1 saturated heterocycles. The van der Waals surface area contributed by atoms with E-state index in [0.717, 1.165) is 49.2 Å². The number of hydrogen-bond acceptors (Lipinski definition) is 7. The summed E-state index contributed by atoms with van der Waals surface area (Å²) in [5.74, 6) is -1.56. The molecule has 214 valence electrons. The summed E-state index contributed by atoms with van der Waals surface area (Å²) in [6, 6.07) is 18.2. The van der Waals surface area contributed by atoms with Gasteiger partial charge in [-0.1, -0.05) is 36.4 Å². The Morgan fingerprint density at radius 2 is 1.80 bits per heavy atom. The first kappa shape index (κ1) is 29.5. The first-order chi connectivity index (χ1) is 19.6. The number of carbonyl (C=O) groups excluding carboxylic acids is 3. The topological polar surface area (TPSA) is 155 Å². The Kier molecular flexibility index (Phi) is 9.20. The molecular weight excluding hydrogens is 518 g/mol. The molecule has 1 aliphatic heterocycles. The van der Waals surface area contributed by atoms with Crippen molar-refractivity contribution in [3.05, 3.63) is 71.4 Å². The summed E-state index contributed by atoms with van der Waals surface area (Å²) < 4.78 is 0. The van der Waals surface area contributed by atoms with Crippen molar-refractivity contribution >= 4 is 23.6 Å². The van der Waals surface area contributed by atoms with Crippen LogP contribution < -0.4 is 16.4 Å². The van der Waals surface area contributed by atoms with E-state index < -0.39 is 11.4 Å². The van der Waals surface area contributed by atoms with Gasteiger partial charge in [-0.05, 0) is 54.5 Å². The summed E-state index contributed by atoms with van der Waals surface area (Å²) in [5.41, 5.74) is 8.65. The Morgan fingerprint density at radius 1 is 1.12 bits per heavy atom. The summed E-state index contributed by atoms with van der Waals surface area (Å²) in [6.45, 7) is 2.23. The Labute approximate surface area is 240 Å². The Morgan fingerprint density at radius 3 is 2.39 bits per heavy atom. The molecule has 1 aliphatic carbocycles. The average molecular weight is 556 g/mol. The number of nitrogens with two attached hydrogens (primary N) is 1. The van der Waals surface area contributed by atoms with E-state index in [4.69, 9.17) is 11.1 Å². The summed E-state index contributed by atoms with van der Waals surface area (Å²) in [4.78, 5) is 40.3. The monoisotopic (exact) mass is 555 g/mol. The van der Waals surface area contributed by atoms with Crippen LogP contribution in [0.15, 0.2) is 60.3 Å². The lowest BCUT2D eigenvalue weighted by Crippen LogP contribution is -2.51. The predicted octanol–water partition coefficient (Wildman–Crippen LogP) is 2.77. The number of amides is 3. The van der Waals surface area contributed by atoms with Gasteiger partial charge < -0.3 is 21.3 Å². The van der Waals surface area contributed by atoms with Gasteiger partial charge in [0.25, 0.3) is 11.8 Å². The molecule has 41 heavy (non-hydrogen) atoms. The minimum Gasteiger partial charge on any atom is -0.384 e. The van der Waals surface area contributed by atoms with Crippen molar-refractivity contribution < 1.29 is 14.4 Å². The zero-order valence-corrected chi connectivity index (χ0v) is 23.6. The van der Waals surface area contributed by atoms with E-state index in [9.17, 15) is 19.6 Å². The van der Waals surface area contributed by atoms with Gasteiger partial charge in [0.2, 0.25) is 5.91 Å². The molecule has 0 unspecified atom stereocenters. The number of amidine groups is 1. The predicted molar refractivity (Wildman–Crippen MR) is 156 cm³/mol. The number of benzene rings is 2. The molecule has 1 saturated carbocycles. The number of nitrogens with zero attached hydrogens (tertiary/aromatic N) is 3. The van der Waals surface area contributed by atoms with E-state index in [-0.39, 0.29) is 35.6 Å². The van der Waals surface area contributed by atoms with Crippen LogP contribution in [0.5, 0.6) is 0 Å². The highest BCUT2D eigenvalue weighted by atomic mass is 16.2. The Bertz CT molecular complexity index is 1380. The van der Waals surface area contributed by atoms with E-state index in [2.05, 4.69) is 45.9 Å². The first-order valence-corrected chi connectivity index (χ1v) is 13.8. The van der Waals surface area contributed by atoms with E-state index in [1.54, 1.807) is 19.0 Å². The molecule has 1 heterocycles. The Balaban J connectivity index is 1.36. The van der Waals surface area contributed by atoms with Gasteiger partial charge in [-0.25, -0.2) is 0 Å². The van der Waals surface area contributed by atoms with Crippen LogP contribution in [0.25, 0.3) is 11.1 Å². The summed E-state index contributed by atoms with van der Waals surface area (Å²) in [6.07, 6.45) is 4.50. The second kappa shape index (κ2) is 12.8. The number of hydrogen-bond donors (Lipinski definition) is 4. The second-order valence-electron chi connectivity index (χ2n) is 11.1. The number of rotatable bonds is 10. The van der Waals surface area contributed by atoms with Gasteiger partial charge >= 0.3 is 0 Å². The molecule has 0 radical (unpaired) electrons. The van der Waals surface area contributed by atoms with Crippen molar-refractivity contribution in [1.29, 1.82) is 10.7 Å². The molecule has 0 atom stereocenters. The van der Waals surface area contributed by atoms with Crippen LogP contribution in [0, 0.1) is 22.7 Å². The van der Waals surface area contributed by atoms with Gasteiger partial charge in [-0.15, -0.1) is 0 Å². The molecule has 2 fully saturated rings. The first-order valence-electron chi connectivity index (χ1n) is 13.8. The van der Waals surface area contributed by atoms with Gasteiger partial charge in [-0.2, -0.15) is 5.26 Å². The van der Waals surface area contributed by atoms with Gasteiger partial charge in [-0.3, -0.25) is 24.7 Å². The van der Waals surface area contributed by atoms with Gasteiger partial charge in [0.05, 0.1) is 23.6 Å². The number of carbonyl (C=O) groups is 3.